The second kappa shape index (κ2) is 6.47. The number of hydrogen-bond donors (Lipinski definition) is 1. The molecule has 0 aliphatic carbocycles. The van der Waals surface area contributed by atoms with E-state index in [9.17, 15) is 14.4 Å². The van der Waals surface area contributed by atoms with Crippen molar-refractivity contribution in [3.63, 3.8) is 0 Å². The number of ketones is 1. The smallest absolute Gasteiger partial charge is 0.377 e. The maximum atomic E-state index is 11.5. The summed E-state index contributed by atoms with van der Waals surface area (Å²) in [5.41, 5.74) is 1.13. The quantitative estimate of drug-likeness (QED) is 0.354. The second-order valence-electron chi connectivity index (χ2n) is 4.06. The molecule has 0 radical (unpaired) electrons. The minimum absolute atomic E-state index is 0.0477. The molecule has 0 atom stereocenters. The third kappa shape index (κ3) is 3.33. The van der Waals surface area contributed by atoms with Crippen LogP contribution in [0.4, 0.5) is 0 Å². The monoisotopic (exact) mass is 289 g/mol. The van der Waals surface area contributed by atoms with Crippen molar-refractivity contribution in [3.05, 3.63) is 41.9 Å². The van der Waals surface area contributed by atoms with E-state index in [1.165, 1.54) is 18.5 Å². The fraction of sp³-hybridized carbons (Fsp3) is 0.143. The Morgan fingerprint density at radius 2 is 2.19 bits per heavy atom. The van der Waals surface area contributed by atoms with Crippen LogP contribution in [0.5, 0.6) is 0 Å². The molecule has 0 amide bonds. The predicted octanol–water partition coefficient (Wildman–Crippen LogP) is 1.32. The lowest BCUT2D eigenvalue weighted by molar-refractivity contribution is -0.132. The van der Waals surface area contributed by atoms with Crippen molar-refractivity contribution in [1.29, 1.82) is 0 Å². The van der Waals surface area contributed by atoms with E-state index in [2.05, 4.69) is 9.72 Å². The summed E-state index contributed by atoms with van der Waals surface area (Å²) in [6.07, 6.45) is 1.58. The zero-order valence-electron chi connectivity index (χ0n) is 10.8. The van der Waals surface area contributed by atoms with Gasteiger partial charge in [0.15, 0.2) is 12.2 Å². The fourth-order valence-corrected chi connectivity index (χ4v) is 1.81. The van der Waals surface area contributed by atoms with Gasteiger partial charge in [0.1, 0.15) is 0 Å². The van der Waals surface area contributed by atoms with Crippen LogP contribution in [0.3, 0.4) is 0 Å². The van der Waals surface area contributed by atoms with Crippen LogP contribution in [0.25, 0.3) is 11.3 Å². The number of Topliss-reactive ketones (excluding diaryl/α,β-unsaturated/α-hetero) is 1. The molecule has 0 aliphatic rings. The average Bonchev–Trinajstić information content (AvgIpc) is 2.95. The molecule has 0 spiro atoms. The number of aromatic nitrogens is 1. The Labute approximate surface area is 119 Å². The molecule has 1 aromatic carbocycles. The van der Waals surface area contributed by atoms with Crippen molar-refractivity contribution in [2.45, 2.75) is 6.42 Å². The molecule has 0 aliphatic heterocycles. The molecule has 0 fully saturated rings. The Kier molecular flexibility index (Phi) is 4.45. The predicted molar refractivity (Wildman–Crippen MR) is 69.6 cm³/mol. The standard InChI is InChI=1S/C14H11NO6/c16-8-20-5-4-11-13(21-7-15-11)10-3-1-2-9(6-10)12(17)14(18)19/h1-3,6-8H,4-5H2,(H,18,19). The highest BCUT2D eigenvalue weighted by Crippen LogP contribution is 2.24. The maximum absolute atomic E-state index is 11.5. The number of ether oxygens (including phenoxy) is 1. The number of carboxylic acid groups (broad SMARTS) is 1. The van der Waals surface area contributed by atoms with Crippen LogP contribution in [-0.2, 0) is 20.7 Å². The van der Waals surface area contributed by atoms with Crippen LogP contribution in [0.1, 0.15) is 16.1 Å². The van der Waals surface area contributed by atoms with Gasteiger partial charge in [-0.15, -0.1) is 0 Å². The number of carbonyl (C=O) groups is 3. The Bertz CT molecular complexity index is 676. The van der Waals surface area contributed by atoms with Gasteiger partial charge in [0, 0.05) is 17.5 Å². The first-order chi connectivity index (χ1) is 10.1. The van der Waals surface area contributed by atoms with E-state index in [0.29, 0.717) is 29.9 Å². The van der Waals surface area contributed by atoms with Gasteiger partial charge in [-0.3, -0.25) is 9.59 Å². The lowest BCUT2D eigenvalue weighted by Crippen LogP contribution is -2.12. The molecule has 7 nitrogen and oxygen atoms in total. The first-order valence-corrected chi connectivity index (χ1v) is 5.99. The van der Waals surface area contributed by atoms with E-state index in [0.717, 1.165) is 0 Å². The fourth-order valence-electron chi connectivity index (χ4n) is 1.81. The summed E-state index contributed by atoms with van der Waals surface area (Å²) in [6, 6.07) is 6.05. The van der Waals surface area contributed by atoms with E-state index in [4.69, 9.17) is 9.52 Å². The van der Waals surface area contributed by atoms with Gasteiger partial charge >= 0.3 is 5.97 Å². The van der Waals surface area contributed by atoms with Crippen LogP contribution in [0.2, 0.25) is 0 Å². The summed E-state index contributed by atoms with van der Waals surface area (Å²) in [6.45, 7) is 0.489. The topological polar surface area (TPSA) is 107 Å². The summed E-state index contributed by atoms with van der Waals surface area (Å²) in [5, 5.41) is 8.72. The zero-order valence-corrected chi connectivity index (χ0v) is 10.8. The maximum Gasteiger partial charge on any atom is 0.377 e. The van der Waals surface area contributed by atoms with Gasteiger partial charge < -0.3 is 14.3 Å². The molecule has 108 valence electrons. The first-order valence-electron chi connectivity index (χ1n) is 5.99. The van der Waals surface area contributed by atoms with Crippen LogP contribution in [-0.4, -0.2) is 34.9 Å². The van der Waals surface area contributed by atoms with Crippen molar-refractivity contribution in [2.75, 3.05) is 6.61 Å². The third-order valence-electron chi connectivity index (χ3n) is 2.75. The second-order valence-corrected chi connectivity index (χ2v) is 4.06. The number of benzene rings is 1. The van der Waals surface area contributed by atoms with Gasteiger partial charge in [-0.25, -0.2) is 9.78 Å². The van der Waals surface area contributed by atoms with E-state index in [1.54, 1.807) is 12.1 Å². The van der Waals surface area contributed by atoms with E-state index < -0.39 is 11.8 Å². The van der Waals surface area contributed by atoms with Crippen molar-refractivity contribution in [3.8, 4) is 11.3 Å². The molecule has 1 heterocycles. The number of carbonyl (C=O) groups excluding carboxylic acids is 2. The lowest BCUT2D eigenvalue weighted by atomic mass is 10.0. The Morgan fingerprint density at radius 1 is 1.38 bits per heavy atom. The Morgan fingerprint density at radius 3 is 2.90 bits per heavy atom. The molecule has 2 aromatic rings. The molecular weight excluding hydrogens is 278 g/mol. The first kappa shape index (κ1) is 14.4. The van der Waals surface area contributed by atoms with Crippen molar-refractivity contribution >= 4 is 18.2 Å². The van der Waals surface area contributed by atoms with Gasteiger partial charge in [0.25, 0.3) is 12.3 Å². The average molecular weight is 289 g/mol. The van der Waals surface area contributed by atoms with Crippen LogP contribution >= 0.6 is 0 Å². The van der Waals surface area contributed by atoms with Gasteiger partial charge in [0.05, 0.1) is 12.3 Å². The van der Waals surface area contributed by atoms with Crippen LogP contribution < -0.4 is 0 Å². The van der Waals surface area contributed by atoms with Crippen molar-refractivity contribution in [1.82, 2.24) is 4.98 Å². The van der Waals surface area contributed by atoms with Crippen molar-refractivity contribution in [2.24, 2.45) is 0 Å². The molecular formula is C14H11NO6. The summed E-state index contributed by atoms with van der Waals surface area (Å²) in [7, 11) is 0. The highest BCUT2D eigenvalue weighted by atomic mass is 16.5. The van der Waals surface area contributed by atoms with E-state index in [1.807, 2.05) is 0 Å². The van der Waals surface area contributed by atoms with Gasteiger partial charge in [-0.1, -0.05) is 18.2 Å². The number of rotatable bonds is 7. The minimum atomic E-state index is -1.52. The molecule has 21 heavy (non-hydrogen) atoms. The summed E-state index contributed by atoms with van der Waals surface area (Å²) >= 11 is 0. The Balaban J connectivity index is 2.28. The zero-order chi connectivity index (χ0) is 15.2. The van der Waals surface area contributed by atoms with Crippen LogP contribution in [0, 0.1) is 0 Å². The van der Waals surface area contributed by atoms with Gasteiger partial charge in [0.2, 0.25) is 0 Å². The largest absolute Gasteiger partial charge is 0.475 e. The summed E-state index contributed by atoms with van der Waals surface area (Å²) in [5.74, 6) is -2.11. The Hall–Kier alpha value is -2.96. The molecule has 0 bridgehead atoms. The number of nitrogens with zero attached hydrogens (tertiary/aromatic N) is 1. The van der Waals surface area contributed by atoms with Crippen molar-refractivity contribution < 1.29 is 28.6 Å². The molecule has 7 heteroatoms. The number of carboxylic acids is 1. The minimum Gasteiger partial charge on any atom is -0.475 e. The lowest BCUT2D eigenvalue weighted by Gasteiger charge is -2.03. The van der Waals surface area contributed by atoms with E-state index in [-0.39, 0.29) is 12.2 Å². The van der Waals surface area contributed by atoms with Crippen LogP contribution in [0.15, 0.2) is 35.1 Å². The summed E-state index contributed by atoms with van der Waals surface area (Å²) < 4.78 is 9.86. The third-order valence-corrected chi connectivity index (χ3v) is 2.75. The number of hydrogen-bond acceptors (Lipinski definition) is 6. The molecule has 0 unspecified atom stereocenters. The molecule has 1 aromatic heterocycles. The SMILES string of the molecule is O=COCCc1ncoc1-c1cccc(C(=O)C(=O)O)c1. The van der Waals surface area contributed by atoms with E-state index >= 15 is 0 Å². The highest BCUT2D eigenvalue weighted by Gasteiger charge is 2.17. The molecule has 0 saturated heterocycles. The summed E-state index contributed by atoms with van der Waals surface area (Å²) in [4.78, 5) is 36.3. The molecule has 1 N–H and O–H groups in total. The van der Waals surface area contributed by atoms with Gasteiger partial charge in [-0.2, -0.15) is 0 Å². The highest BCUT2D eigenvalue weighted by molar-refractivity contribution is 6.39. The number of oxazole rings is 1. The molecule has 0 saturated carbocycles. The van der Waals surface area contributed by atoms with Gasteiger partial charge in [-0.05, 0) is 6.07 Å². The normalized spacial score (nSPS) is 10.1. The number of aliphatic carboxylic acids is 1. The molecule has 2 rings (SSSR count).